The fourth-order valence-corrected chi connectivity index (χ4v) is 3.38. The molecule has 0 saturated carbocycles. The van der Waals surface area contributed by atoms with Gasteiger partial charge in [0.05, 0.1) is 29.2 Å². The zero-order valence-corrected chi connectivity index (χ0v) is 13.4. The molecule has 1 aromatic carbocycles. The first-order valence-corrected chi connectivity index (χ1v) is 8.13. The maximum Gasteiger partial charge on any atom is 0.337 e. The van der Waals surface area contributed by atoms with Crippen LogP contribution in [-0.2, 0) is 0 Å². The third-order valence-corrected chi connectivity index (χ3v) is 4.58. The van der Waals surface area contributed by atoms with Gasteiger partial charge in [-0.05, 0) is 37.2 Å². The monoisotopic (exact) mass is 343 g/mol. The van der Waals surface area contributed by atoms with E-state index in [1.807, 2.05) is 5.01 Å². The number of halogens is 1. The van der Waals surface area contributed by atoms with Crippen LogP contribution in [0, 0.1) is 5.82 Å². The molecule has 3 heterocycles. The molecule has 7 nitrogen and oxygen atoms in total. The Kier molecular flexibility index (Phi) is 3.98. The van der Waals surface area contributed by atoms with Crippen molar-refractivity contribution in [1.29, 1.82) is 0 Å². The summed E-state index contributed by atoms with van der Waals surface area (Å²) >= 11 is 0. The summed E-state index contributed by atoms with van der Waals surface area (Å²) in [6.07, 6.45) is 3.43. The lowest BCUT2D eigenvalue weighted by Gasteiger charge is -2.27. The molecule has 2 aromatic rings. The molecule has 0 amide bonds. The standard InChI is InChI=1S/C17H18FN5O2/c18-10-1-2-15-13(7-10)16(22-23(15)11-3-5-19-8-11)21-14-9-20-6-4-12(14)17(24)25/h1-2,4,6-7,9,11,16,19,21-22H,3,5,8H2,(H,24,25)/t11-,16?/m1/s1. The number of aromatic carboxylic acids is 1. The average molecular weight is 343 g/mol. The molecule has 2 aliphatic heterocycles. The highest BCUT2D eigenvalue weighted by Crippen LogP contribution is 2.36. The first-order chi connectivity index (χ1) is 12.1. The van der Waals surface area contributed by atoms with E-state index in [0.29, 0.717) is 5.69 Å². The van der Waals surface area contributed by atoms with Crippen molar-refractivity contribution >= 4 is 17.3 Å². The van der Waals surface area contributed by atoms with Crippen molar-refractivity contribution in [1.82, 2.24) is 15.7 Å². The molecule has 8 heteroatoms. The van der Waals surface area contributed by atoms with Crippen molar-refractivity contribution in [2.24, 2.45) is 0 Å². The van der Waals surface area contributed by atoms with E-state index in [9.17, 15) is 14.3 Å². The van der Waals surface area contributed by atoms with E-state index in [1.165, 1.54) is 30.6 Å². The molecule has 2 atom stereocenters. The van der Waals surface area contributed by atoms with Crippen molar-refractivity contribution in [3.8, 4) is 0 Å². The molecule has 25 heavy (non-hydrogen) atoms. The van der Waals surface area contributed by atoms with E-state index in [-0.39, 0.29) is 17.4 Å². The van der Waals surface area contributed by atoms with E-state index in [2.05, 4.69) is 21.0 Å². The molecule has 2 aliphatic rings. The zero-order valence-electron chi connectivity index (χ0n) is 13.4. The van der Waals surface area contributed by atoms with E-state index in [4.69, 9.17) is 0 Å². The summed E-state index contributed by atoms with van der Waals surface area (Å²) in [4.78, 5) is 15.4. The highest BCUT2D eigenvalue weighted by molar-refractivity contribution is 5.94. The molecule has 0 radical (unpaired) electrons. The minimum Gasteiger partial charge on any atom is -0.478 e. The van der Waals surface area contributed by atoms with E-state index < -0.39 is 12.1 Å². The summed E-state index contributed by atoms with van der Waals surface area (Å²) in [5.41, 5.74) is 5.48. The lowest BCUT2D eigenvalue weighted by Crippen LogP contribution is -2.45. The number of carbonyl (C=O) groups is 1. The molecule has 1 fully saturated rings. The summed E-state index contributed by atoms with van der Waals surface area (Å²) in [6.45, 7) is 1.77. The fourth-order valence-electron chi connectivity index (χ4n) is 3.38. The average Bonchev–Trinajstić information content (AvgIpc) is 3.23. The Hall–Kier alpha value is -2.71. The number of nitrogens with zero attached hydrogens (tertiary/aromatic N) is 2. The summed E-state index contributed by atoms with van der Waals surface area (Å²) in [6, 6.07) is 6.34. The second-order valence-electron chi connectivity index (χ2n) is 6.15. The molecule has 1 aromatic heterocycles. The van der Waals surface area contributed by atoms with Gasteiger partial charge in [-0.1, -0.05) is 0 Å². The van der Waals surface area contributed by atoms with Crippen LogP contribution >= 0.6 is 0 Å². The number of fused-ring (bicyclic) bond motifs is 1. The van der Waals surface area contributed by atoms with Crippen molar-refractivity contribution < 1.29 is 14.3 Å². The lowest BCUT2D eigenvalue weighted by atomic mass is 10.1. The molecule has 4 rings (SSSR count). The third kappa shape index (κ3) is 2.90. The van der Waals surface area contributed by atoms with Crippen LogP contribution in [0.15, 0.2) is 36.7 Å². The van der Waals surface area contributed by atoms with Gasteiger partial charge in [0.2, 0.25) is 0 Å². The van der Waals surface area contributed by atoms with Crippen LogP contribution in [0.2, 0.25) is 0 Å². The molecular formula is C17H18FN5O2. The minimum absolute atomic E-state index is 0.121. The molecule has 1 saturated heterocycles. The van der Waals surface area contributed by atoms with Gasteiger partial charge in [0.25, 0.3) is 0 Å². The van der Waals surface area contributed by atoms with Crippen LogP contribution in [0.3, 0.4) is 0 Å². The summed E-state index contributed by atoms with van der Waals surface area (Å²) < 4.78 is 13.8. The van der Waals surface area contributed by atoms with Crippen molar-refractivity contribution in [3.63, 3.8) is 0 Å². The number of hydrogen-bond acceptors (Lipinski definition) is 6. The van der Waals surface area contributed by atoms with Gasteiger partial charge in [0, 0.05) is 18.3 Å². The van der Waals surface area contributed by atoms with E-state index >= 15 is 0 Å². The molecule has 0 aliphatic carbocycles. The first-order valence-electron chi connectivity index (χ1n) is 8.13. The van der Waals surface area contributed by atoms with Crippen molar-refractivity contribution in [2.75, 3.05) is 23.4 Å². The van der Waals surface area contributed by atoms with E-state index in [0.717, 1.165) is 30.8 Å². The Labute approximate surface area is 143 Å². The fraction of sp³-hybridized carbons (Fsp3) is 0.294. The van der Waals surface area contributed by atoms with Gasteiger partial charge in [-0.15, -0.1) is 0 Å². The molecule has 130 valence electrons. The maximum atomic E-state index is 13.8. The van der Waals surface area contributed by atoms with Crippen LogP contribution in [0.5, 0.6) is 0 Å². The number of nitrogens with one attached hydrogen (secondary N) is 3. The van der Waals surface area contributed by atoms with Gasteiger partial charge in [0.15, 0.2) is 0 Å². The Morgan fingerprint density at radius 3 is 3.04 bits per heavy atom. The first kappa shape index (κ1) is 15.8. The second-order valence-corrected chi connectivity index (χ2v) is 6.15. The van der Waals surface area contributed by atoms with Gasteiger partial charge >= 0.3 is 5.97 Å². The third-order valence-electron chi connectivity index (χ3n) is 4.58. The number of carboxylic acids is 1. The SMILES string of the molecule is O=C(O)c1ccncc1NC1NN([C@@H]2CCNC2)c2ccc(F)cc21. The van der Waals surface area contributed by atoms with Crippen LogP contribution in [0.25, 0.3) is 0 Å². The van der Waals surface area contributed by atoms with Crippen LogP contribution < -0.4 is 21.1 Å². The maximum absolute atomic E-state index is 13.8. The normalized spacial score (nSPS) is 22.0. The predicted octanol–water partition coefficient (Wildman–Crippen LogP) is 1.72. The van der Waals surface area contributed by atoms with Crippen LogP contribution in [0.1, 0.15) is 28.5 Å². The number of hydrazine groups is 1. The predicted molar refractivity (Wildman–Crippen MR) is 90.8 cm³/mol. The highest BCUT2D eigenvalue weighted by Gasteiger charge is 2.34. The van der Waals surface area contributed by atoms with Gasteiger partial charge in [-0.25, -0.2) is 14.6 Å². The number of carboxylic acid groups (broad SMARTS) is 1. The Bertz CT molecular complexity index is 809. The van der Waals surface area contributed by atoms with Gasteiger partial charge in [0.1, 0.15) is 12.0 Å². The molecular weight excluding hydrogens is 325 g/mol. The zero-order chi connectivity index (χ0) is 17.4. The second kappa shape index (κ2) is 6.30. The smallest absolute Gasteiger partial charge is 0.337 e. The summed E-state index contributed by atoms with van der Waals surface area (Å²) in [5.74, 6) is -1.37. The molecule has 1 unspecified atom stereocenters. The number of hydrogen-bond donors (Lipinski definition) is 4. The van der Waals surface area contributed by atoms with Crippen LogP contribution in [0.4, 0.5) is 15.8 Å². The van der Waals surface area contributed by atoms with Gasteiger partial charge in [-0.3, -0.25) is 4.98 Å². The number of aromatic nitrogens is 1. The van der Waals surface area contributed by atoms with Gasteiger partial charge in [-0.2, -0.15) is 0 Å². The number of benzene rings is 1. The van der Waals surface area contributed by atoms with Gasteiger partial charge < -0.3 is 20.7 Å². The quantitative estimate of drug-likeness (QED) is 0.672. The highest BCUT2D eigenvalue weighted by atomic mass is 19.1. The van der Waals surface area contributed by atoms with Crippen molar-refractivity contribution in [2.45, 2.75) is 18.6 Å². The minimum atomic E-state index is -1.04. The molecule has 0 bridgehead atoms. The summed E-state index contributed by atoms with van der Waals surface area (Å²) in [7, 11) is 0. The van der Waals surface area contributed by atoms with Crippen LogP contribution in [-0.4, -0.2) is 35.2 Å². The van der Waals surface area contributed by atoms with E-state index in [1.54, 1.807) is 6.07 Å². The lowest BCUT2D eigenvalue weighted by molar-refractivity contribution is 0.0697. The molecule has 4 N–H and O–H groups in total. The Morgan fingerprint density at radius 1 is 1.40 bits per heavy atom. The Balaban J connectivity index is 1.67. The number of rotatable bonds is 4. The largest absolute Gasteiger partial charge is 0.478 e. The Morgan fingerprint density at radius 2 is 2.28 bits per heavy atom. The topological polar surface area (TPSA) is 89.5 Å². The van der Waals surface area contributed by atoms with Crippen molar-refractivity contribution in [3.05, 3.63) is 53.6 Å². The number of anilines is 2. The molecule has 0 spiro atoms. The number of pyridine rings is 1. The summed E-state index contributed by atoms with van der Waals surface area (Å²) in [5, 5.41) is 17.8.